The predicted molar refractivity (Wildman–Crippen MR) is 81.3 cm³/mol. The number of fused-ring (bicyclic) bond motifs is 1. The van der Waals surface area contributed by atoms with Crippen LogP contribution in [0.2, 0.25) is 0 Å². The second-order valence-electron chi connectivity index (χ2n) is 6.92. The lowest BCUT2D eigenvalue weighted by atomic mass is 9.82. The van der Waals surface area contributed by atoms with E-state index in [1.54, 1.807) is 6.20 Å². The average Bonchev–Trinajstić information content (AvgIpc) is 2.72. The molecule has 0 radical (unpaired) electrons. The maximum absolute atomic E-state index is 5.41. The first-order valence-electron chi connectivity index (χ1n) is 6.66. The van der Waals surface area contributed by atoms with Crippen molar-refractivity contribution >= 4 is 22.8 Å². The SMILES string of the molecule is CC(C)(C)CC(C)(C)Nc1nc(NN)nc2[nH]ncc12. The zero-order valence-electron chi connectivity index (χ0n) is 12.7. The summed E-state index contributed by atoms with van der Waals surface area (Å²) in [5, 5.41) is 11.2. The van der Waals surface area contributed by atoms with Crippen molar-refractivity contribution in [2.45, 2.75) is 46.6 Å². The maximum Gasteiger partial charge on any atom is 0.241 e. The fourth-order valence-electron chi connectivity index (χ4n) is 2.69. The number of aromatic nitrogens is 4. The van der Waals surface area contributed by atoms with Crippen molar-refractivity contribution in [1.29, 1.82) is 0 Å². The highest BCUT2D eigenvalue weighted by Gasteiger charge is 2.26. The molecule has 110 valence electrons. The number of H-pyrrole nitrogens is 1. The molecule has 0 bridgehead atoms. The molecule has 5 N–H and O–H groups in total. The van der Waals surface area contributed by atoms with Crippen LogP contribution in [-0.2, 0) is 0 Å². The van der Waals surface area contributed by atoms with E-state index in [1.807, 2.05) is 0 Å². The first-order valence-corrected chi connectivity index (χ1v) is 6.66. The fraction of sp³-hybridized carbons (Fsp3) is 0.615. The molecule has 0 saturated carbocycles. The minimum Gasteiger partial charge on any atom is -0.364 e. The number of aromatic amines is 1. The number of nitrogens with one attached hydrogen (secondary N) is 3. The van der Waals surface area contributed by atoms with E-state index in [0.717, 1.165) is 17.6 Å². The van der Waals surface area contributed by atoms with Crippen LogP contribution in [0.3, 0.4) is 0 Å². The van der Waals surface area contributed by atoms with Gasteiger partial charge in [0.1, 0.15) is 5.82 Å². The van der Waals surface area contributed by atoms with Crippen molar-refractivity contribution < 1.29 is 0 Å². The van der Waals surface area contributed by atoms with Gasteiger partial charge in [-0.15, -0.1) is 0 Å². The van der Waals surface area contributed by atoms with Crippen LogP contribution in [0.15, 0.2) is 6.20 Å². The van der Waals surface area contributed by atoms with Gasteiger partial charge in [0.15, 0.2) is 5.65 Å². The van der Waals surface area contributed by atoms with Crippen molar-refractivity contribution in [3.63, 3.8) is 0 Å². The summed E-state index contributed by atoms with van der Waals surface area (Å²) in [7, 11) is 0. The normalized spacial score (nSPS) is 12.7. The molecule has 0 fully saturated rings. The summed E-state index contributed by atoms with van der Waals surface area (Å²) in [4.78, 5) is 8.60. The van der Waals surface area contributed by atoms with Gasteiger partial charge in [0.05, 0.1) is 11.6 Å². The Hall–Kier alpha value is -1.89. The molecule has 2 heterocycles. The van der Waals surface area contributed by atoms with Gasteiger partial charge in [0.25, 0.3) is 0 Å². The van der Waals surface area contributed by atoms with Crippen molar-refractivity contribution in [1.82, 2.24) is 20.2 Å². The Morgan fingerprint density at radius 3 is 2.50 bits per heavy atom. The maximum atomic E-state index is 5.41. The van der Waals surface area contributed by atoms with Gasteiger partial charge < -0.3 is 5.32 Å². The molecule has 0 aliphatic heterocycles. The Labute approximate surface area is 118 Å². The number of hydrazine groups is 1. The molecule has 2 rings (SSSR count). The van der Waals surface area contributed by atoms with Gasteiger partial charge in [-0.25, -0.2) is 5.84 Å². The predicted octanol–water partition coefficient (Wildman–Crippen LogP) is 2.27. The van der Waals surface area contributed by atoms with E-state index in [9.17, 15) is 0 Å². The number of hydrogen-bond acceptors (Lipinski definition) is 6. The largest absolute Gasteiger partial charge is 0.364 e. The first kappa shape index (κ1) is 14.5. The first-order chi connectivity index (χ1) is 9.20. The number of hydrogen-bond donors (Lipinski definition) is 4. The smallest absolute Gasteiger partial charge is 0.241 e. The van der Waals surface area contributed by atoms with Gasteiger partial charge in [-0.1, -0.05) is 20.8 Å². The van der Waals surface area contributed by atoms with Crippen LogP contribution in [0, 0.1) is 5.41 Å². The molecule has 0 aromatic carbocycles. The van der Waals surface area contributed by atoms with Gasteiger partial charge in [-0.05, 0) is 25.7 Å². The molecule has 7 nitrogen and oxygen atoms in total. The molecule has 0 aliphatic rings. The van der Waals surface area contributed by atoms with Crippen LogP contribution in [0.5, 0.6) is 0 Å². The lowest BCUT2D eigenvalue weighted by Crippen LogP contribution is -2.36. The highest BCUT2D eigenvalue weighted by molar-refractivity contribution is 5.87. The minimum absolute atomic E-state index is 0.108. The molecule has 0 atom stereocenters. The summed E-state index contributed by atoms with van der Waals surface area (Å²) in [5.74, 6) is 6.49. The second kappa shape index (κ2) is 4.90. The third kappa shape index (κ3) is 3.36. The van der Waals surface area contributed by atoms with Crippen LogP contribution < -0.4 is 16.6 Å². The van der Waals surface area contributed by atoms with Crippen molar-refractivity contribution in [3.8, 4) is 0 Å². The van der Waals surface area contributed by atoms with Crippen molar-refractivity contribution in [3.05, 3.63) is 6.20 Å². The summed E-state index contributed by atoms with van der Waals surface area (Å²) in [5.41, 5.74) is 3.24. The number of nitrogens with two attached hydrogens (primary N) is 1. The molecule has 0 unspecified atom stereocenters. The fourth-order valence-corrected chi connectivity index (χ4v) is 2.69. The van der Waals surface area contributed by atoms with Crippen LogP contribution in [0.1, 0.15) is 41.0 Å². The summed E-state index contributed by atoms with van der Waals surface area (Å²) in [6.07, 6.45) is 2.71. The average molecular weight is 277 g/mol. The Morgan fingerprint density at radius 2 is 1.90 bits per heavy atom. The van der Waals surface area contributed by atoms with E-state index in [-0.39, 0.29) is 11.0 Å². The van der Waals surface area contributed by atoms with E-state index >= 15 is 0 Å². The van der Waals surface area contributed by atoms with Gasteiger partial charge in [-0.2, -0.15) is 15.1 Å². The van der Waals surface area contributed by atoms with Gasteiger partial charge >= 0.3 is 0 Å². The summed E-state index contributed by atoms with van der Waals surface area (Å²) in [6, 6.07) is 0. The zero-order chi connectivity index (χ0) is 15.0. The summed E-state index contributed by atoms with van der Waals surface area (Å²) >= 11 is 0. The number of anilines is 2. The van der Waals surface area contributed by atoms with E-state index in [4.69, 9.17) is 5.84 Å². The molecule has 7 heteroatoms. The zero-order valence-corrected chi connectivity index (χ0v) is 12.7. The minimum atomic E-state index is -0.108. The molecule has 0 amide bonds. The van der Waals surface area contributed by atoms with E-state index in [0.29, 0.717) is 11.6 Å². The summed E-state index contributed by atoms with van der Waals surface area (Å²) in [6.45, 7) is 11.0. The van der Waals surface area contributed by atoms with Crippen LogP contribution in [0.4, 0.5) is 11.8 Å². The lowest BCUT2D eigenvalue weighted by Gasteiger charge is -2.33. The third-order valence-corrected chi connectivity index (χ3v) is 2.87. The molecular formula is C13H23N7. The number of nitrogens with zero attached hydrogens (tertiary/aromatic N) is 3. The van der Waals surface area contributed by atoms with Gasteiger partial charge in [0, 0.05) is 5.54 Å². The van der Waals surface area contributed by atoms with Crippen molar-refractivity contribution in [2.24, 2.45) is 11.3 Å². The highest BCUT2D eigenvalue weighted by Crippen LogP contribution is 2.31. The Morgan fingerprint density at radius 1 is 1.20 bits per heavy atom. The molecule has 2 aromatic heterocycles. The Balaban J connectivity index is 2.35. The molecule has 0 saturated heterocycles. The monoisotopic (exact) mass is 277 g/mol. The standard InChI is InChI=1S/C13H23N7/c1-12(2,3)7-13(4,5)18-9-8-6-15-20-10(8)17-11(16-9)19-14/h6H,7,14H2,1-5H3,(H3,15,16,17,18,19,20). The highest BCUT2D eigenvalue weighted by atomic mass is 15.3. The molecular weight excluding hydrogens is 254 g/mol. The van der Waals surface area contributed by atoms with Crippen molar-refractivity contribution in [2.75, 3.05) is 10.7 Å². The van der Waals surface area contributed by atoms with Crippen LogP contribution in [-0.4, -0.2) is 25.7 Å². The van der Waals surface area contributed by atoms with Gasteiger partial charge in [-0.3, -0.25) is 10.5 Å². The Kier molecular flexibility index (Phi) is 3.56. The topological polar surface area (TPSA) is 105 Å². The van der Waals surface area contributed by atoms with E-state index in [2.05, 4.69) is 65.5 Å². The molecule has 20 heavy (non-hydrogen) atoms. The summed E-state index contributed by atoms with van der Waals surface area (Å²) < 4.78 is 0. The Bertz CT molecular complexity index is 594. The lowest BCUT2D eigenvalue weighted by molar-refractivity contribution is 0.302. The van der Waals surface area contributed by atoms with E-state index in [1.165, 1.54) is 0 Å². The number of rotatable bonds is 4. The number of nitrogen functional groups attached to an aromatic ring is 1. The third-order valence-electron chi connectivity index (χ3n) is 2.87. The molecule has 2 aromatic rings. The quantitative estimate of drug-likeness (QED) is 0.505. The van der Waals surface area contributed by atoms with Crippen LogP contribution >= 0.6 is 0 Å². The molecule has 0 aliphatic carbocycles. The molecule has 0 spiro atoms. The van der Waals surface area contributed by atoms with E-state index < -0.39 is 0 Å². The van der Waals surface area contributed by atoms with Gasteiger partial charge in [0.2, 0.25) is 5.95 Å². The second-order valence-corrected chi connectivity index (χ2v) is 6.92. The van der Waals surface area contributed by atoms with Crippen LogP contribution in [0.25, 0.3) is 11.0 Å².